The smallest absolute Gasteiger partial charge is 0.292 e. The molecule has 0 unspecified atom stereocenters. The van der Waals surface area contributed by atoms with E-state index in [1.165, 1.54) is 0 Å². The maximum Gasteiger partial charge on any atom is 0.292 e. The van der Waals surface area contributed by atoms with Crippen LogP contribution in [0.2, 0.25) is 0 Å². The molecule has 0 atom stereocenters. The van der Waals surface area contributed by atoms with Crippen LogP contribution in [-0.4, -0.2) is 4.98 Å². The van der Waals surface area contributed by atoms with E-state index < -0.39 is 0 Å². The molecule has 1 heterocycles. The molecule has 0 aliphatic rings. The molecule has 0 saturated heterocycles. The Kier molecular flexibility index (Phi) is 2.32. The molecule has 2 aromatic rings. The SMILES string of the molecule is Nc1ncc(/C=C/c2ccccc2)o1. The molecule has 0 aliphatic carbocycles. The van der Waals surface area contributed by atoms with Crippen molar-refractivity contribution in [3.05, 3.63) is 47.9 Å². The van der Waals surface area contributed by atoms with Crippen molar-refractivity contribution in [3.63, 3.8) is 0 Å². The number of benzene rings is 1. The maximum atomic E-state index is 5.34. The predicted molar refractivity (Wildman–Crippen MR) is 56.3 cm³/mol. The van der Waals surface area contributed by atoms with Crippen LogP contribution in [0.4, 0.5) is 6.01 Å². The first-order valence-corrected chi connectivity index (χ1v) is 4.29. The molecule has 3 nitrogen and oxygen atoms in total. The van der Waals surface area contributed by atoms with E-state index in [2.05, 4.69) is 4.98 Å². The average molecular weight is 186 g/mol. The van der Waals surface area contributed by atoms with Crippen molar-refractivity contribution >= 4 is 18.2 Å². The lowest BCUT2D eigenvalue weighted by Crippen LogP contribution is -1.79. The van der Waals surface area contributed by atoms with E-state index >= 15 is 0 Å². The summed E-state index contributed by atoms with van der Waals surface area (Å²) in [6, 6.07) is 10.1. The highest BCUT2D eigenvalue weighted by Gasteiger charge is 1.94. The van der Waals surface area contributed by atoms with Gasteiger partial charge in [0.2, 0.25) is 0 Å². The summed E-state index contributed by atoms with van der Waals surface area (Å²) in [4.78, 5) is 3.79. The molecule has 14 heavy (non-hydrogen) atoms. The molecule has 0 aliphatic heterocycles. The van der Waals surface area contributed by atoms with Gasteiger partial charge in [0.25, 0.3) is 6.01 Å². The lowest BCUT2D eigenvalue weighted by atomic mass is 10.2. The number of aromatic nitrogens is 1. The summed E-state index contributed by atoms with van der Waals surface area (Å²) in [5.41, 5.74) is 6.45. The third-order valence-corrected chi connectivity index (χ3v) is 1.78. The Morgan fingerprint density at radius 1 is 1.14 bits per heavy atom. The first-order valence-electron chi connectivity index (χ1n) is 4.29. The fourth-order valence-electron chi connectivity index (χ4n) is 1.12. The van der Waals surface area contributed by atoms with Crippen LogP contribution < -0.4 is 5.73 Å². The number of oxazole rings is 1. The van der Waals surface area contributed by atoms with Gasteiger partial charge < -0.3 is 10.2 Å². The molecule has 0 amide bonds. The number of hydrogen-bond donors (Lipinski definition) is 1. The predicted octanol–water partition coefficient (Wildman–Crippen LogP) is 2.43. The van der Waals surface area contributed by atoms with Crippen molar-refractivity contribution in [3.8, 4) is 0 Å². The largest absolute Gasteiger partial charge is 0.424 e. The molecule has 0 spiro atoms. The molecule has 2 rings (SSSR count). The molecule has 0 fully saturated rings. The van der Waals surface area contributed by atoms with Crippen LogP contribution in [0.3, 0.4) is 0 Å². The summed E-state index contributed by atoms with van der Waals surface area (Å²) in [6.45, 7) is 0. The van der Waals surface area contributed by atoms with E-state index in [-0.39, 0.29) is 6.01 Å². The van der Waals surface area contributed by atoms with Crippen molar-refractivity contribution in [2.45, 2.75) is 0 Å². The second-order valence-electron chi connectivity index (χ2n) is 2.84. The molecular formula is C11H10N2O. The minimum Gasteiger partial charge on any atom is -0.424 e. The van der Waals surface area contributed by atoms with Crippen LogP contribution in [0.15, 0.2) is 40.9 Å². The second kappa shape index (κ2) is 3.79. The van der Waals surface area contributed by atoms with Crippen molar-refractivity contribution < 1.29 is 4.42 Å². The average Bonchev–Trinajstić information content (AvgIpc) is 2.63. The van der Waals surface area contributed by atoms with E-state index in [9.17, 15) is 0 Å². The molecule has 0 bridgehead atoms. The van der Waals surface area contributed by atoms with E-state index in [1.54, 1.807) is 6.20 Å². The van der Waals surface area contributed by atoms with Gasteiger partial charge in [0, 0.05) is 0 Å². The number of anilines is 1. The van der Waals surface area contributed by atoms with E-state index in [0.29, 0.717) is 5.76 Å². The molecule has 3 heteroatoms. The summed E-state index contributed by atoms with van der Waals surface area (Å²) in [5.74, 6) is 0.659. The molecule has 0 radical (unpaired) electrons. The van der Waals surface area contributed by atoms with E-state index in [1.807, 2.05) is 42.5 Å². The first kappa shape index (κ1) is 8.56. The van der Waals surface area contributed by atoms with Gasteiger partial charge in [-0.1, -0.05) is 36.4 Å². The lowest BCUT2D eigenvalue weighted by molar-refractivity contribution is 0.571. The summed E-state index contributed by atoms with van der Waals surface area (Å²) in [5, 5.41) is 0. The minimum atomic E-state index is 0.192. The van der Waals surface area contributed by atoms with Crippen LogP contribution in [0.25, 0.3) is 12.2 Å². The summed E-state index contributed by atoms with van der Waals surface area (Å²) < 4.78 is 5.09. The third kappa shape index (κ3) is 2.01. The van der Waals surface area contributed by atoms with Gasteiger partial charge in [0.1, 0.15) is 5.76 Å². The Balaban J connectivity index is 2.15. The quantitative estimate of drug-likeness (QED) is 0.783. The molecule has 2 N–H and O–H groups in total. The maximum absolute atomic E-state index is 5.34. The zero-order chi connectivity index (χ0) is 9.80. The molecule has 70 valence electrons. The lowest BCUT2D eigenvalue weighted by Gasteiger charge is -1.89. The van der Waals surface area contributed by atoms with Gasteiger partial charge in [-0.15, -0.1) is 0 Å². The van der Waals surface area contributed by atoms with Crippen LogP contribution in [0, 0.1) is 0 Å². The highest BCUT2D eigenvalue weighted by molar-refractivity contribution is 5.67. The van der Waals surface area contributed by atoms with Crippen molar-refractivity contribution in [2.24, 2.45) is 0 Å². The number of nitrogens with zero attached hydrogens (tertiary/aromatic N) is 1. The van der Waals surface area contributed by atoms with Gasteiger partial charge in [-0.3, -0.25) is 0 Å². The Labute approximate surface area is 81.9 Å². The van der Waals surface area contributed by atoms with Gasteiger partial charge in [-0.2, -0.15) is 0 Å². The summed E-state index contributed by atoms with van der Waals surface area (Å²) in [7, 11) is 0. The third-order valence-electron chi connectivity index (χ3n) is 1.78. The minimum absolute atomic E-state index is 0.192. The van der Waals surface area contributed by atoms with Gasteiger partial charge in [0.05, 0.1) is 6.20 Å². The zero-order valence-electron chi connectivity index (χ0n) is 7.55. The van der Waals surface area contributed by atoms with Crippen LogP contribution in [0.1, 0.15) is 11.3 Å². The van der Waals surface area contributed by atoms with E-state index in [4.69, 9.17) is 10.2 Å². The summed E-state index contributed by atoms with van der Waals surface area (Å²) in [6.07, 6.45) is 5.37. The Hall–Kier alpha value is -2.03. The normalized spacial score (nSPS) is 10.9. The fraction of sp³-hybridized carbons (Fsp3) is 0. The van der Waals surface area contributed by atoms with Crippen molar-refractivity contribution in [1.29, 1.82) is 0 Å². The molecule has 1 aromatic heterocycles. The first-order chi connectivity index (χ1) is 6.84. The van der Waals surface area contributed by atoms with Crippen molar-refractivity contribution in [2.75, 3.05) is 5.73 Å². The van der Waals surface area contributed by atoms with Gasteiger partial charge >= 0.3 is 0 Å². The zero-order valence-corrected chi connectivity index (χ0v) is 7.55. The number of nitrogens with two attached hydrogens (primary N) is 1. The summed E-state index contributed by atoms with van der Waals surface area (Å²) >= 11 is 0. The van der Waals surface area contributed by atoms with Crippen LogP contribution >= 0.6 is 0 Å². The topological polar surface area (TPSA) is 52.0 Å². The van der Waals surface area contributed by atoms with Crippen molar-refractivity contribution in [1.82, 2.24) is 4.98 Å². The molecular weight excluding hydrogens is 176 g/mol. The number of rotatable bonds is 2. The number of hydrogen-bond acceptors (Lipinski definition) is 3. The highest BCUT2D eigenvalue weighted by atomic mass is 16.4. The van der Waals surface area contributed by atoms with Gasteiger partial charge in [-0.25, -0.2) is 4.98 Å². The fourth-order valence-corrected chi connectivity index (χ4v) is 1.12. The van der Waals surface area contributed by atoms with E-state index in [0.717, 1.165) is 5.56 Å². The number of nitrogen functional groups attached to an aromatic ring is 1. The standard InChI is InChI=1S/C11H10N2O/c12-11-13-8-10(14-11)7-6-9-4-2-1-3-5-9/h1-8H,(H2,12,13)/b7-6+. The monoisotopic (exact) mass is 186 g/mol. The molecule has 1 aromatic carbocycles. The van der Waals surface area contributed by atoms with Gasteiger partial charge in [-0.05, 0) is 11.6 Å². The Morgan fingerprint density at radius 2 is 1.93 bits per heavy atom. The Bertz CT molecular complexity index is 432. The molecule has 0 saturated carbocycles. The van der Waals surface area contributed by atoms with Gasteiger partial charge in [0.15, 0.2) is 0 Å². The Morgan fingerprint density at radius 3 is 2.57 bits per heavy atom. The second-order valence-corrected chi connectivity index (χ2v) is 2.84. The van der Waals surface area contributed by atoms with Crippen LogP contribution in [0.5, 0.6) is 0 Å². The highest BCUT2D eigenvalue weighted by Crippen LogP contribution is 2.09. The van der Waals surface area contributed by atoms with Crippen LogP contribution in [-0.2, 0) is 0 Å².